The number of ether oxygens (including phenoxy) is 2. The highest BCUT2D eigenvalue weighted by atomic mass is 35.5. The van der Waals surface area contributed by atoms with Crippen molar-refractivity contribution in [3.63, 3.8) is 0 Å². The summed E-state index contributed by atoms with van der Waals surface area (Å²) in [5, 5.41) is 0.854. The highest BCUT2D eigenvalue weighted by Crippen LogP contribution is 2.38. The van der Waals surface area contributed by atoms with Gasteiger partial charge in [-0.15, -0.1) is 11.3 Å². The first kappa shape index (κ1) is 12.2. The Balaban J connectivity index is 2.51. The van der Waals surface area contributed by atoms with Crippen LogP contribution in [0.2, 0.25) is 4.34 Å². The fourth-order valence-corrected chi connectivity index (χ4v) is 2.55. The van der Waals surface area contributed by atoms with Crippen LogP contribution in [-0.4, -0.2) is 19.2 Å². The first-order chi connectivity index (χ1) is 8.15. The van der Waals surface area contributed by atoms with Gasteiger partial charge in [-0.05, 0) is 19.1 Å². The molecule has 0 radical (unpaired) electrons. The Morgan fingerprint density at radius 2 is 2.00 bits per heavy atom. The molecule has 0 aliphatic carbocycles. The van der Waals surface area contributed by atoms with Gasteiger partial charge in [-0.1, -0.05) is 11.6 Å². The zero-order valence-electron chi connectivity index (χ0n) is 9.78. The van der Waals surface area contributed by atoms with Crippen molar-refractivity contribution < 1.29 is 9.47 Å². The molecular weight excluding hydrogens is 258 g/mol. The molecule has 1 aromatic heterocycles. The lowest BCUT2D eigenvalue weighted by Gasteiger charge is -2.07. The third kappa shape index (κ3) is 2.37. The molecule has 2 aromatic rings. The monoisotopic (exact) mass is 269 g/mol. The summed E-state index contributed by atoms with van der Waals surface area (Å²) in [7, 11) is 3.25. The quantitative estimate of drug-likeness (QED) is 0.850. The van der Waals surface area contributed by atoms with E-state index in [0.29, 0.717) is 4.34 Å². The Hall–Kier alpha value is -1.26. The van der Waals surface area contributed by atoms with Gasteiger partial charge in [-0.25, -0.2) is 4.98 Å². The van der Waals surface area contributed by atoms with Gasteiger partial charge in [-0.3, -0.25) is 0 Å². The summed E-state index contributed by atoms with van der Waals surface area (Å²) in [4.78, 5) is 4.41. The Morgan fingerprint density at radius 3 is 2.53 bits per heavy atom. The topological polar surface area (TPSA) is 31.4 Å². The van der Waals surface area contributed by atoms with Crippen molar-refractivity contribution in [2.75, 3.05) is 14.2 Å². The van der Waals surface area contributed by atoms with E-state index in [1.165, 1.54) is 11.3 Å². The van der Waals surface area contributed by atoms with Crippen molar-refractivity contribution in [3.8, 4) is 22.1 Å². The first-order valence-corrected chi connectivity index (χ1v) is 6.20. The van der Waals surface area contributed by atoms with E-state index in [4.69, 9.17) is 21.1 Å². The number of thiazole rings is 1. The molecule has 0 spiro atoms. The fourth-order valence-electron chi connectivity index (χ4n) is 1.47. The van der Waals surface area contributed by atoms with E-state index in [9.17, 15) is 0 Å². The molecule has 0 atom stereocenters. The van der Waals surface area contributed by atoms with Crippen LogP contribution in [0.3, 0.4) is 0 Å². The summed E-state index contributed by atoms with van der Waals surface area (Å²) in [5.74, 6) is 1.49. The van der Waals surface area contributed by atoms with Crippen molar-refractivity contribution >= 4 is 22.9 Å². The molecule has 0 saturated carbocycles. The van der Waals surface area contributed by atoms with Gasteiger partial charge in [0.1, 0.15) is 20.8 Å². The van der Waals surface area contributed by atoms with E-state index in [1.54, 1.807) is 14.2 Å². The lowest BCUT2D eigenvalue weighted by Crippen LogP contribution is -1.90. The summed E-state index contributed by atoms with van der Waals surface area (Å²) >= 11 is 7.47. The number of halogens is 1. The number of rotatable bonds is 3. The largest absolute Gasteiger partial charge is 0.497 e. The van der Waals surface area contributed by atoms with Gasteiger partial charge in [0.05, 0.1) is 25.5 Å². The molecule has 1 heterocycles. The second kappa shape index (κ2) is 4.94. The molecular formula is C12H12ClNO2S. The van der Waals surface area contributed by atoms with Crippen LogP contribution in [0.4, 0.5) is 0 Å². The Kier molecular flexibility index (Phi) is 3.54. The minimum absolute atomic E-state index is 0.706. The minimum Gasteiger partial charge on any atom is -0.497 e. The van der Waals surface area contributed by atoms with E-state index in [1.807, 2.05) is 25.1 Å². The number of hydrogen-bond acceptors (Lipinski definition) is 4. The molecule has 5 heteroatoms. The van der Waals surface area contributed by atoms with Crippen LogP contribution in [0.25, 0.3) is 10.6 Å². The Bertz CT molecular complexity index is 520. The third-order valence-corrected chi connectivity index (χ3v) is 3.86. The number of aromatic nitrogens is 1. The van der Waals surface area contributed by atoms with E-state index < -0.39 is 0 Å². The van der Waals surface area contributed by atoms with Gasteiger partial charge in [0.15, 0.2) is 0 Å². The Labute approximate surface area is 109 Å². The Morgan fingerprint density at radius 1 is 1.24 bits per heavy atom. The minimum atomic E-state index is 0.706. The van der Waals surface area contributed by atoms with E-state index >= 15 is 0 Å². The van der Waals surface area contributed by atoms with Crippen LogP contribution in [0.15, 0.2) is 18.2 Å². The maximum atomic E-state index is 6.02. The first-order valence-electron chi connectivity index (χ1n) is 5.01. The molecule has 0 aliphatic heterocycles. The van der Waals surface area contributed by atoms with Crippen molar-refractivity contribution in [3.05, 3.63) is 28.2 Å². The molecule has 0 bridgehead atoms. The molecule has 0 N–H and O–H groups in total. The van der Waals surface area contributed by atoms with Crippen molar-refractivity contribution in [2.24, 2.45) is 0 Å². The summed E-state index contributed by atoms with van der Waals surface area (Å²) in [6.07, 6.45) is 0. The van der Waals surface area contributed by atoms with Crippen molar-refractivity contribution in [2.45, 2.75) is 6.92 Å². The van der Waals surface area contributed by atoms with Crippen LogP contribution in [0.5, 0.6) is 11.5 Å². The standard InChI is InChI=1S/C12H12ClNO2S/c1-7-11(13)17-12(14-7)9-5-4-8(15-2)6-10(9)16-3/h4-6H,1-3H3. The highest BCUT2D eigenvalue weighted by molar-refractivity contribution is 7.19. The lowest BCUT2D eigenvalue weighted by atomic mass is 10.2. The summed E-state index contributed by atoms with van der Waals surface area (Å²) in [6.45, 7) is 1.89. The molecule has 0 unspecified atom stereocenters. The number of benzene rings is 1. The SMILES string of the molecule is COc1ccc(-c2nc(C)c(Cl)s2)c(OC)c1. The maximum absolute atomic E-state index is 6.02. The summed E-state index contributed by atoms with van der Waals surface area (Å²) < 4.78 is 11.2. The van der Waals surface area contributed by atoms with Gasteiger partial charge in [-0.2, -0.15) is 0 Å². The van der Waals surface area contributed by atoms with Crippen LogP contribution in [0.1, 0.15) is 5.69 Å². The van der Waals surface area contributed by atoms with Gasteiger partial charge in [0, 0.05) is 6.07 Å². The molecule has 0 aliphatic rings. The van der Waals surface area contributed by atoms with E-state index in [0.717, 1.165) is 27.8 Å². The van der Waals surface area contributed by atoms with Gasteiger partial charge < -0.3 is 9.47 Å². The average Bonchev–Trinajstić information content (AvgIpc) is 2.68. The predicted octanol–water partition coefficient (Wildman–Crippen LogP) is 3.79. The molecule has 17 heavy (non-hydrogen) atoms. The van der Waals surface area contributed by atoms with Crippen LogP contribution >= 0.6 is 22.9 Å². The van der Waals surface area contributed by atoms with Crippen LogP contribution in [-0.2, 0) is 0 Å². The number of methoxy groups -OCH3 is 2. The van der Waals surface area contributed by atoms with Crippen molar-refractivity contribution in [1.29, 1.82) is 0 Å². The molecule has 2 rings (SSSR count). The second-order valence-electron chi connectivity index (χ2n) is 3.44. The average molecular weight is 270 g/mol. The number of hydrogen-bond donors (Lipinski definition) is 0. The summed E-state index contributed by atoms with van der Waals surface area (Å²) in [5.41, 5.74) is 1.76. The normalized spacial score (nSPS) is 10.4. The van der Waals surface area contributed by atoms with Gasteiger partial charge >= 0.3 is 0 Å². The molecule has 3 nitrogen and oxygen atoms in total. The van der Waals surface area contributed by atoms with Crippen LogP contribution < -0.4 is 9.47 Å². The lowest BCUT2D eigenvalue weighted by molar-refractivity contribution is 0.395. The maximum Gasteiger partial charge on any atom is 0.132 e. The van der Waals surface area contributed by atoms with E-state index in [-0.39, 0.29) is 0 Å². The molecule has 0 amide bonds. The third-order valence-electron chi connectivity index (χ3n) is 2.38. The highest BCUT2D eigenvalue weighted by Gasteiger charge is 2.13. The van der Waals surface area contributed by atoms with Crippen molar-refractivity contribution in [1.82, 2.24) is 4.98 Å². The molecule has 90 valence electrons. The predicted molar refractivity (Wildman–Crippen MR) is 70.4 cm³/mol. The van der Waals surface area contributed by atoms with E-state index in [2.05, 4.69) is 4.98 Å². The molecule has 0 saturated heterocycles. The number of nitrogens with zero attached hydrogens (tertiary/aromatic N) is 1. The smallest absolute Gasteiger partial charge is 0.132 e. The zero-order valence-corrected chi connectivity index (χ0v) is 11.4. The molecule has 0 fully saturated rings. The van der Waals surface area contributed by atoms with Gasteiger partial charge in [0.2, 0.25) is 0 Å². The summed E-state index contributed by atoms with van der Waals surface area (Å²) in [6, 6.07) is 5.63. The van der Waals surface area contributed by atoms with Gasteiger partial charge in [0.25, 0.3) is 0 Å². The molecule has 1 aromatic carbocycles. The number of aryl methyl sites for hydroxylation is 1. The van der Waals surface area contributed by atoms with Crippen LogP contribution in [0, 0.1) is 6.92 Å². The fraction of sp³-hybridized carbons (Fsp3) is 0.250. The zero-order chi connectivity index (χ0) is 12.4. The second-order valence-corrected chi connectivity index (χ2v) is 5.05.